The third-order valence-electron chi connectivity index (χ3n) is 2.85. The van der Waals surface area contributed by atoms with Crippen LogP contribution >= 0.6 is 0 Å². The second-order valence-corrected chi connectivity index (χ2v) is 4.22. The standard InChI is InChI=1S/C12H21NO/c1-11-7-5-3-4-6-8-12(14)13(2)10-9-11/h7H,3-6,8-10H2,1-2H3/b11-7+. The van der Waals surface area contributed by atoms with Crippen LogP contribution in [0.3, 0.4) is 0 Å². The zero-order chi connectivity index (χ0) is 10.4. The lowest BCUT2D eigenvalue weighted by Crippen LogP contribution is -2.27. The number of allylic oxidation sites excluding steroid dienone is 1. The molecule has 1 heterocycles. The van der Waals surface area contributed by atoms with Crippen LogP contribution in [0.1, 0.15) is 45.4 Å². The highest BCUT2D eigenvalue weighted by atomic mass is 16.2. The molecule has 14 heavy (non-hydrogen) atoms. The molecule has 0 aromatic rings. The van der Waals surface area contributed by atoms with Crippen LogP contribution in [0.25, 0.3) is 0 Å². The van der Waals surface area contributed by atoms with E-state index in [1.165, 1.54) is 24.8 Å². The highest BCUT2D eigenvalue weighted by Gasteiger charge is 2.08. The summed E-state index contributed by atoms with van der Waals surface area (Å²) in [5.41, 5.74) is 1.42. The van der Waals surface area contributed by atoms with Crippen molar-refractivity contribution < 1.29 is 4.79 Å². The molecule has 0 radical (unpaired) electrons. The van der Waals surface area contributed by atoms with E-state index in [4.69, 9.17) is 0 Å². The van der Waals surface area contributed by atoms with E-state index in [-0.39, 0.29) is 0 Å². The predicted molar refractivity (Wildman–Crippen MR) is 59.1 cm³/mol. The van der Waals surface area contributed by atoms with Gasteiger partial charge in [-0.15, -0.1) is 0 Å². The Morgan fingerprint density at radius 2 is 2.00 bits per heavy atom. The Bertz CT molecular complexity index is 220. The molecule has 1 aliphatic heterocycles. The van der Waals surface area contributed by atoms with E-state index in [0.29, 0.717) is 5.91 Å². The molecule has 0 N–H and O–H groups in total. The number of carbonyl (C=O) groups is 1. The summed E-state index contributed by atoms with van der Waals surface area (Å²) in [7, 11) is 1.91. The van der Waals surface area contributed by atoms with Crippen molar-refractivity contribution in [1.29, 1.82) is 0 Å². The Labute approximate surface area is 87.0 Å². The lowest BCUT2D eigenvalue weighted by atomic mass is 10.1. The number of carbonyl (C=O) groups excluding carboxylic acids is 1. The van der Waals surface area contributed by atoms with Crippen LogP contribution in [0.4, 0.5) is 0 Å². The fourth-order valence-corrected chi connectivity index (χ4v) is 1.71. The first-order valence-electron chi connectivity index (χ1n) is 5.60. The van der Waals surface area contributed by atoms with Gasteiger partial charge in [0.1, 0.15) is 0 Å². The molecule has 0 spiro atoms. The molecular weight excluding hydrogens is 174 g/mol. The Hall–Kier alpha value is -0.790. The summed E-state index contributed by atoms with van der Waals surface area (Å²) >= 11 is 0. The van der Waals surface area contributed by atoms with E-state index < -0.39 is 0 Å². The Morgan fingerprint density at radius 1 is 1.21 bits per heavy atom. The van der Waals surface area contributed by atoms with Crippen molar-refractivity contribution in [3.63, 3.8) is 0 Å². The van der Waals surface area contributed by atoms with Gasteiger partial charge in [-0.05, 0) is 32.6 Å². The summed E-state index contributed by atoms with van der Waals surface area (Å²) < 4.78 is 0. The Kier molecular flexibility index (Phi) is 4.71. The van der Waals surface area contributed by atoms with Gasteiger partial charge >= 0.3 is 0 Å². The van der Waals surface area contributed by atoms with Crippen LogP contribution in [0.2, 0.25) is 0 Å². The van der Waals surface area contributed by atoms with Crippen LogP contribution in [-0.2, 0) is 4.79 Å². The van der Waals surface area contributed by atoms with Crippen LogP contribution in [0.15, 0.2) is 11.6 Å². The minimum atomic E-state index is 0.305. The van der Waals surface area contributed by atoms with Gasteiger partial charge in [-0.2, -0.15) is 0 Å². The van der Waals surface area contributed by atoms with Gasteiger partial charge in [-0.25, -0.2) is 0 Å². The summed E-state index contributed by atoms with van der Waals surface area (Å²) in [5, 5.41) is 0. The average Bonchev–Trinajstić information content (AvgIpc) is 2.20. The third-order valence-corrected chi connectivity index (χ3v) is 2.85. The molecule has 80 valence electrons. The predicted octanol–water partition coefficient (Wildman–Crippen LogP) is 2.75. The van der Waals surface area contributed by atoms with Gasteiger partial charge in [-0.1, -0.05) is 18.1 Å². The van der Waals surface area contributed by atoms with Crippen molar-refractivity contribution in [2.24, 2.45) is 0 Å². The second kappa shape index (κ2) is 5.84. The van der Waals surface area contributed by atoms with E-state index in [2.05, 4.69) is 13.0 Å². The average molecular weight is 195 g/mol. The van der Waals surface area contributed by atoms with Crippen molar-refractivity contribution >= 4 is 5.91 Å². The molecule has 1 rings (SSSR count). The molecule has 1 amide bonds. The number of hydrogen-bond acceptors (Lipinski definition) is 1. The minimum Gasteiger partial charge on any atom is -0.345 e. The maximum atomic E-state index is 11.6. The summed E-state index contributed by atoms with van der Waals surface area (Å²) in [6.45, 7) is 3.04. The topological polar surface area (TPSA) is 20.3 Å². The molecule has 0 aromatic heterocycles. The fraction of sp³-hybridized carbons (Fsp3) is 0.750. The second-order valence-electron chi connectivity index (χ2n) is 4.22. The van der Waals surface area contributed by atoms with Crippen LogP contribution in [0.5, 0.6) is 0 Å². The molecule has 0 bridgehead atoms. The molecule has 2 nitrogen and oxygen atoms in total. The lowest BCUT2D eigenvalue weighted by molar-refractivity contribution is -0.129. The van der Waals surface area contributed by atoms with Crippen molar-refractivity contribution in [3.8, 4) is 0 Å². The molecule has 1 aliphatic rings. The first kappa shape index (κ1) is 11.3. The first-order valence-corrected chi connectivity index (χ1v) is 5.60. The van der Waals surface area contributed by atoms with Crippen molar-refractivity contribution in [2.75, 3.05) is 13.6 Å². The van der Waals surface area contributed by atoms with Gasteiger partial charge in [0.15, 0.2) is 0 Å². The molecule has 0 saturated carbocycles. The van der Waals surface area contributed by atoms with Crippen LogP contribution in [-0.4, -0.2) is 24.4 Å². The highest BCUT2D eigenvalue weighted by Crippen LogP contribution is 2.11. The van der Waals surface area contributed by atoms with E-state index in [1.807, 2.05) is 11.9 Å². The van der Waals surface area contributed by atoms with Gasteiger partial charge in [0.25, 0.3) is 0 Å². The van der Waals surface area contributed by atoms with Gasteiger partial charge in [-0.3, -0.25) is 4.79 Å². The van der Waals surface area contributed by atoms with Crippen molar-refractivity contribution in [2.45, 2.75) is 45.4 Å². The molecule has 0 aliphatic carbocycles. The normalized spacial score (nSPS) is 25.1. The number of amides is 1. The largest absolute Gasteiger partial charge is 0.345 e. The highest BCUT2D eigenvalue weighted by molar-refractivity contribution is 5.75. The van der Waals surface area contributed by atoms with Gasteiger partial charge in [0.2, 0.25) is 5.91 Å². The number of hydrogen-bond donors (Lipinski definition) is 0. The van der Waals surface area contributed by atoms with E-state index in [0.717, 1.165) is 25.8 Å². The summed E-state index contributed by atoms with van der Waals surface area (Å²) in [5.74, 6) is 0.305. The quantitative estimate of drug-likeness (QED) is 0.544. The molecule has 2 heteroatoms. The summed E-state index contributed by atoms with van der Waals surface area (Å²) in [4.78, 5) is 13.4. The molecule has 0 atom stereocenters. The van der Waals surface area contributed by atoms with Crippen molar-refractivity contribution in [3.05, 3.63) is 11.6 Å². The van der Waals surface area contributed by atoms with Crippen LogP contribution in [0, 0.1) is 0 Å². The Morgan fingerprint density at radius 3 is 2.79 bits per heavy atom. The van der Waals surface area contributed by atoms with E-state index in [9.17, 15) is 4.79 Å². The smallest absolute Gasteiger partial charge is 0.222 e. The molecule has 0 fully saturated rings. The number of rotatable bonds is 0. The van der Waals surface area contributed by atoms with Gasteiger partial charge in [0, 0.05) is 20.0 Å². The minimum absolute atomic E-state index is 0.305. The molecule has 0 unspecified atom stereocenters. The van der Waals surface area contributed by atoms with Crippen molar-refractivity contribution in [1.82, 2.24) is 4.90 Å². The molecular formula is C12H21NO. The first-order chi connectivity index (χ1) is 6.70. The Balaban J connectivity index is 2.50. The molecule has 0 saturated heterocycles. The lowest BCUT2D eigenvalue weighted by Gasteiger charge is -2.16. The maximum Gasteiger partial charge on any atom is 0.222 e. The number of nitrogens with zero attached hydrogens (tertiary/aromatic N) is 1. The summed E-state index contributed by atoms with van der Waals surface area (Å²) in [6.07, 6.45) is 8.74. The van der Waals surface area contributed by atoms with Gasteiger partial charge < -0.3 is 4.90 Å². The summed E-state index contributed by atoms with van der Waals surface area (Å²) in [6, 6.07) is 0. The SMILES string of the molecule is C/C1=C\CCCCCC(=O)N(C)CC1. The van der Waals surface area contributed by atoms with E-state index in [1.54, 1.807) is 0 Å². The maximum absolute atomic E-state index is 11.6. The monoisotopic (exact) mass is 195 g/mol. The third kappa shape index (κ3) is 3.95. The molecule has 0 aromatic carbocycles. The van der Waals surface area contributed by atoms with Gasteiger partial charge in [0.05, 0.1) is 0 Å². The fourth-order valence-electron chi connectivity index (χ4n) is 1.71. The zero-order valence-electron chi connectivity index (χ0n) is 9.38. The zero-order valence-corrected chi connectivity index (χ0v) is 9.38. The van der Waals surface area contributed by atoms with Crippen LogP contribution < -0.4 is 0 Å². The van der Waals surface area contributed by atoms with E-state index >= 15 is 0 Å².